The molecule has 3 nitrogen and oxygen atoms in total. The molecule has 1 unspecified atom stereocenters. The molecule has 4 heteroatoms. The minimum Gasteiger partial charge on any atom is -0.312 e. The molecular formula is C20H20N2OS. The van der Waals surface area contributed by atoms with Crippen LogP contribution in [0.3, 0.4) is 0 Å². The van der Waals surface area contributed by atoms with Gasteiger partial charge in [0.25, 0.3) is 0 Å². The van der Waals surface area contributed by atoms with Gasteiger partial charge in [0.05, 0.1) is 15.8 Å². The van der Waals surface area contributed by atoms with E-state index in [0.29, 0.717) is 6.54 Å². The first-order chi connectivity index (χ1) is 11.7. The molecule has 3 rings (SSSR count). The van der Waals surface area contributed by atoms with E-state index in [1.54, 1.807) is 0 Å². The van der Waals surface area contributed by atoms with Gasteiger partial charge in [-0.15, -0.1) is 0 Å². The van der Waals surface area contributed by atoms with Crippen LogP contribution < -0.4 is 4.90 Å². The quantitative estimate of drug-likeness (QED) is 0.629. The standard InChI is InChI=1S/C20H20N2OS/c1-3-22(17-10-5-4-6-11-17)20(23)15(2)24-19-14-13-16-9-7-8-12-18(16)21-19/h4-15H,3H2,1-2H3. The Morgan fingerprint density at radius 1 is 1.04 bits per heavy atom. The number of benzene rings is 2. The number of anilines is 1. The lowest BCUT2D eigenvalue weighted by atomic mass is 10.2. The highest BCUT2D eigenvalue weighted by molar-refractivity contribution is 8.00. The Morgan fingerprint density at radius 2 is 1.75 bits per heavy atom. The molecule has 1 amide bonds. The van der Waals surface area contributed by atoms with E-state index in [1.165, 1.54) is 11.8 Å². The lowest BCUT2D eigenvalue weighted by molar-refractivity contribution is -0.117. The number of para-hydroxylation sites is 2. The van der Waals surface area contributed by atoms with Crippen molar-refractivity contribution in [2.45, 2.75) is 24.1 Å². The lowest BCUT2D eigenvalue weighted by Gasteiger charge is -2.24. The van der Waals surface area contributed by atoms with Gasteiger partial charge >= 0.3 is 0 Å². The molecule has 3 aromatic rings. The molecule has 0 saturated carbocycles. The van der Waals surface area contributed by atoms with Crippen LogP contribution in [0.1, 0.15) is 13.8 Å². The van der Waals surface area contributed by atoms with Crippen molar-refractivity contribution in [3.63, 3.8) is 0 Å². The van der Waals surface area contributed by atoms with Crippen molar-refractivity contribution >= 4 is 34.3 Å². The average molecular weight is 336 g/mol. The third-order valence-electron chi connectivity index (χ3n) is 3.87. The molecule has 1 aromatic heterocycles. The summed E-state index contributed by atoms with van der Waals surface area (Å²) in [5.41, 5.74) is 1.89. The number of carbonyl (C=O) groups excluding carboxylic acids is 1. The number of aromatic nitrogens is 1. The fourth-order valence-electron chi connectivity index (χ4n) is 2.64. The molecule has 0 aliphatic carbocycles. The largest absolute Gasteiger partial charge is 0.312 e. The Bertz CT molecular complexity index is 835. The minimum atomic E-state index is -0.196. The number of pyridine rings is 1. The second-order valence-electron chi connectivity index (χ2n) is 5.52. The van der Waals surface area contributed by atoms with Gasteiger partial charge in [0.15, 0.2) is 0 Å². The Kier molecular flexibility index (Phi) is 5.16. The molecule has 24 heavy (non-hydrogen) atoms. The zero-order chi connectivity index (χ0) is 16.9. The molecule has 1 atom stereocenters. The molecule has 0 bridgehead atoms. The minimum absolute atomic E-state index is 0.101. The zero-order valence-electron chi connectivity index (χ0n) is 13.8. The monoisotopic (exact) mass is 336 g/mol. The van der Waals surface area contributed by atoms with E-state index in [2.05, 4.69) is 11.1 Å². The molecule has 0 spiro atoms. The summed E-state index contributed by atoms with van der Waals surface area (Å²) in [7, 11) is 0. The van der Waals surface area contributed by atoms with Crippen LogP contribution in [-0.2, 0) is 4.79 Å². The topological polar surface area (TPSA) is 33.2 Å². The number of thioether (sulfide) groups is 1. The van der Waals surface area contributed by atoms with E-state index in [4.69, 9.17) is 0 Å². The van der Waals surface area contributed by atoms with Gasteiger partial charge in [0.2, 0.25) is 5.91 Å². The third-order valence-corrected chi connectivity index (χ3v) is 4.89. The van der Waals surface area contributed by atoms with E-state index in [0.717, 1.165) is 21.6 Å². The molecule has 1 heterocycles. The predicted molar refractivity (Wildman–Crippen MR) is 102 cm³/mol. The molecule has 0 saturated heterocycles. The Labute approximate surface area is 146 Å². The number of fused-ring (bicyclic) bond motifs is 1. The smallest absolute Gasteiger partial charge is 0.240 e. The van der Waals surface area contributed by atoms with Gasteiger partial charge in [-0.05, 0) is 38.1 Å². The lowest BCUT2D eigenvalue weighted by Crippen LogP contribution is -2.36. The van der Waals surface area contributed by atoms with Crippen LogP contribution in [0.25, 0.3) is 10.9 Å². The highest BCUT2D eigenvalue weighted by Crippen LogP contribution is 2.26. The number of carbonyl (C=O) groups is 1. The van der Waals surface area contributed by atoms with Crippen LogP contribution in [0, 0.1) is 0 Å². The van der Waals surface area contributed by atoms with Crippen molar-refractivity contribution in [1.29, 1.82) is 0 Å². The first kappa shape index (κ1) is 16.5. The van der Waals surface area contributed by atoms with Crippen molar-refractivity contribution in [3.8, 4) is 0 Å². The van der Waals surface area contributed by atoms with Crippen LogP contribution in [0.2, 0.25) is 0 Å². The van der Waals surface area contributed by atoms with Gasteiger partial charge in [-0.1, -0.05) is 54.2 Å². The van der Waals surface area contributed by atoms with E-state index >= 15 is 0 Å². The highest BCUT2D eigenvalue weighted by atomic mass is 32.2. The Balaban J connectivity index is 1.77. The molecule has 0 N–H and O–H groups in total. The maximum atomic E-state index is 12.8. The first-order valence-corrected chi connectivity index (χ1v) is 8.96. The SMILES string of the molecule is CCN(C(=O)C(C)Sc1ccc2ccccc2n1)c1ccccc1. The van der Waals surface area contributed by atoms with Crippen LogP contribution >= 0.6 is 11.8 Å². The fourth-order valence-corrected chi connectivity index (χ4v) is 3.53. The number of rotatable bonds is 5. The maximum Gasteiger partial charge on any atom is 0.240 e. The van der Waals surface area contributed by atoms with Crippen molar-refractivity contribution in [2.24, 2.45) is 0 Å². The molecule has 0 aliphatic rings. The molecule has 0 radical (unpaired) electrons. The normalized spacial score (nSPS) is 12.1. The van der Waals surface area contributed by atoms with Crippen LogP contribution in [0.15, 0.2) is 71.8 Å². The molecule has 0 fully saturated rings. The second kappa shape index (κ2) is 7.49. The van der Waals surface area contributed by atoms with Crippen molar-refractivity contribution in [3.05, 3.63) is 66.7 Å². The van der Waals surface area contributed by atoms with Crippen LogP contribution in [0.4, 0.5) is 5.69 Å². The number of hydrogen-bond donors (Lipinski definition) is 0. The maximum absolute atomic E-state index is 12.8. The Hall–Kier alpha value is -2.33. The summed E-state index contributed by atoms with van der Waals surface area (Å²) >= 11 is 1.50. The Morgan fingerprint density at radius 3 is 2.50 bits per heavy atom. The van der Waals surface area contributed by atoms with Gasteiger partial charge in [-0.2, -0.15) is 0 Å². The second-order valence-corrected chi connectivity index (χ2v) is 6.88. The predicted octanol–water partition coefficient (Wildman–Crippen LogP) is 4.77. The summed E-state index contributed by atoms with van der Waals surface area (Å²) in [6.45, 7) is 4.59. The van der Waals surface area contributed by atoms with Gasteiger partial charge in [0, 0.05) is 17.6 Å². The summed E-state index contributed by atoms with van der Waals surface area (Å²) in [5, 5.41) is 1.79. The van der Waals surface area contributed by atoms with Crippen molar-refractivity contribution in [2.75, 3.05) is 11.4 Å². The van der Waals surface area contributed by atoms with Crippen LogP contribution in [-0.4, -0.2) is 22.7 Å². The third kappa shape index (κ3) is 3.60. The summed E-state index contributed by atoms with van der Waals surface area (Å²) in [6, 6.07) is 21.8. The van der Waals surface area contributed by atoms with Gasteiger partial charge in [-0.25, -0.2) is 4.98 Å². The van der Waals surface area contributed by atoms with Gasteiger partial charge in [-0.3, -0.25) is 4.79 Å². The number of hydrogen-bond acceptors (Lipinski definition) is 3. The average Bonchev–Trinajstić information content (AvgIpc) is 2.63. The summed E-state index contributed by atoms with van der Waals surface area (Å²) in [6.07, 6.45) is 0. The zero-order valence-corrected chi connectivity index (χ0v) is 14.7. The van der Waals surface area contributed by atoms with Crippen LogP contribution in [0.5, 0.6) is 0 Å². The summed E-state index contributed by atoms with van der Waals surface area (Å²) in [5.74, 6) is 0.101. The van der Waals surface area contributed by atoms with E-state index < -0.39 is 0 Å². The summed E-state index contributed by atoms with van der Waals surface area (Å²) in [4.78, 5) is 19.3. The van der Waals surface area contributed by atoms with Gasteiger partial charge in [0.1, 0.15) is 0 Å². The highest BCUT2D eigenvalue weighted by Gasteiger charge is 2.22. The number of nitrogens with zero attached hydrogens (tertiary/aromatic N) is 2. The number of amides is 1. The molecule has 0 aliphatic heterocycles. The first-order valence-electron chi connectivity index (χ1n) is 8.08. The van der Waals surface area contributed by atoms with Crippen molar-refractivity contribution in [1.82, 2.24) is 4.98 Å². The van der Waals surface area contributed by atoms with E-state index in [9.17, 15) is 4.79 Å². The summed E-state index contributed by atoms with van der Waals surface area (Å²) < 4.78 is 0. The van der Waals surface area contributed by atoms with E-state index in [-0.39, 0.29) is 11.2 Å². The van der Waals surface area contributed by atoms with E-state index in [1.807, 2.05) is 79.4 Å². The molecular weight excluding hydrogens is 316 g/mol. The fraction of sp³-hybridized carbons (Fsp3) is 0.200. The van der Waals surface area contributed by atoms with Gasteiger partial charge < -0.3 is 4.90 Å². The van der Waals surface area contributed by atoms with Crippen molar-refractivity contribution < 1.29 is 4.79 Å². The molecule has 2 aromatic carbocycles. The molecule has 122 valence electrons.